The van der Waals surface area contributed by atoms with Gasteiger partial charge < -0.3 is 13.9 Å². The van der Waals surface area contributed by atoms with Crippen LogP contribution in [0.15, 0.2) is 52.9 Å². The summed E-state index contributed by atoms with van der Waals surface area (Å²) < 4.78 is 29.3. The fourth-order valence-electron chi connectivity index (χ4n) is 2.52. The Kier molecular flexibility index (Phi) is 5.43. The molecule has 5 nitrogen and oxygen atoms in total. The minimum Gasteiger partial charge on any atom is -0.434 e. The zero-order chi connectivity index (χ0) is 19.4. The minimum atomic E-state index is -0.924. The lowest BCUT2D eigenvalue weighted by Gasteiger charge is -2.04. The molecule has 0 N–H and O–H groups in total. The lowest BCUT2D eigenvalue weighted by atomic mass is 10.0. The summed E-state index contributed by atoms with van der Waals surface area (Å²) in [4.78, 5) is 11.6. The number of furan rings is 1. The van der Waals surface area contributed by atoms with Gasteiger partial charge in [-0.2, -0.15) is 5.26 Å². The summed E-state index contributed by atoms with van der Waals surface area (Å²) in [7, 11) is 0. The van der Waals surface area contributed by atoms with Crippen LogP contribution in [0.2, 0.25) is 5.02 Å². The first-order chi connectivity index (χ1) is 13.0. The molecule has 0 saturated heterocycles. The summed E-state index contributed by atoms with van der Waals surface area (Å²) >= 11 is 6.05. The Bertz CT molecular complexity index is 1040. The molecular formula is C20H13ClFNO4. The van der Waals surface area contributed by atoms with Crippen LogP contribution in [0.1, 0.15) is 12.5 Å². The fraction of sp³-hybridized carbons (Fsp3) is 0.100. The van der Waals surface area contributed by atoms with Gasteiger partial charge in [0.1, 0.15) is 11.6 Å². The minimum absolute atomic E-state index is 0.124. The van der Waals surface area contributed by atoms with Crippen LogP contribution in [-0.4, -0.2) is 12.8 Å². The van der Waals surface area contributed by atoms with E-state index in [9.17, 15) is 9.18 Å². The number of nitrogens with zero attached hydrogens (tertiary/aromatic N) is 1. The van der Waals surface area contributed by atoms with Crippen molar-refractivity contribution in [1.29, 1.82) is 5.26 Å². The Morgan fingerprint density at radius 2 is 2.04 bits per heavy atom. The Morgan fingerprint density at radius 1 is 1.22 bits per heavy atom. The van der Waals surface area contributed by atoms with Crippen LogP contribution in [0.5, 0.6) is 5.95 Å². The smallest absolute Gasteiger partial charge is 0.434 e. The highest BCUT2D eigenvalue weighted by Gasteiger charge is 2.19. The average Bonchev–Trinajstić information content (AvgIpc) is 3.05. The molecule has 0 aliphatic carbocycles. The molecule has 136 valence electrons. The van der Waals surface area contributed by atoms with Crippen molar-refractivity contribution in [3.63, 3.8) is 0 Å². The van der Waals surface area contributed by atoms with Gasteiger partial charge in [-0.15, -0.1) is 0 Å². The lowest BCUT2D eigenvalue weighted by Crippen LogP contribution is -2.09. The number of benzene rings is 2. The van der Waals surface area contributed by atoms with Gasteiger partial charge in [-0.05, 0) is 42.8 Å². The molecule has 1 aromatic heterocycles. The Morgan fingerprint density at radius 3 is 2.74 bits per heavy atom. The van der Waals surface area contributed by atoms with Gasteiger partial charge in [-0.25, -0.2) is 9.18 Å². The predicted molar refractivity (Wildman–Crippen MR) is 96.9 cm³/mol. The number of halogens is 2. The Hall–Kier alpha value is -3.30. The molecule has 3 aromatic rings. The van der Waals surface area contributed by atoms with Crippen LogP contribution < -0.4 is 4.74 Å². The van der Waals surface area contributed by atoms with Gasteiger partial charge in [0.25, 0.3) is 5.95 Å². The number of carbonyl (C=O) groups excluding carboxylic acids is 1. The van der Waals surface area contributed by atoms with E-state index < -0.39 is 12.0 Å². The Labute approximate surface area is 159 Å². The number of ether oxygens (including phenoxy) is 2. The van der Waals surface area contributed by atoms with E-state index in [0.717, 1.165) is 6.07 Å². The molecule has 7 heteroatoms. The van der Waals surface area contributed by atoms with Gasteiger partial charge in [0.15, 0.2) is 0 Å². The molecule has 3 rings (SSSR count). The van der Waals surface area contributed by atoms with Crippen molar-refractivity contribution < 1.29 is 23.1 Å². The zero-order valence-corrected chi connectivity index (χ0v) is 14.9. The van der Waals surface area contributed by atoms with E-state index in [-0.39, 0.29) is 18.1 Å². The van der Waals surface area contributed by atoms with Gasteiger partial charge in [0.05, 0.1) is 18.2 Å². The largest absolute Gasteiger partial charge is 0.516 e. The number of hydrogen-bond acceptors (Lipinski definition) is 5. The number of nitriles is 1. The van der Waals surface area contributed by atoms with Crippen LogP contribution in [-0.2, 0) is 4.74 Å². The predicted octanol–water partition coefficient (Wildman–Crippen LogP) is 5.81. The summed E-state index contributed by atoms with van der Waals surface area (Å²) in [6.45, 7) is 1.78. The first kappa shape index (κ1) is 18.5. The van der Waals surface area contributed by atoms with Gasteiger partial charge >= 0.3 is 6.16 Å². The van der Waals surface area contributed by atoms with E-state index in [0.29, 0.717) is 27.5 Å². The highest BCUT2D eigenvalue weighted by molar-refractivity contribution is 6.30. The third-order valence-corrected chi connectivity index (χ3v) is 3.82. The molecule has 0 radical (unpaired) electrons. The fourth-order valence-corrected chi connectivity index (χ4v) is 2.71. The van der Waals surface area contributed by atoms with E-state index >= 15 is 0 Å². The highest BCUT2D eigenvalue weighted by atomic mass is 35.5. The Balaban J connectivity index is 2.13. The van der Waals surface area contributed by atoms with Gasteiger partial charge in [-0.3, -0.25) is 0 Å². The topological polar surface area (TPSA) is 72.5 Å². The van der Waals surface area contributed by atoms with Gasteiger partial charge in [-0.1, -0.05) is 23.7 Å². The molecule has 0 saturated carbocycles. The molecule has 0 fully saturated rings. The van der Waals surface area contributed by atoms with E-state index in [2.05, 4.69) is 0 Å². The van der Waals surface area contributed by atoms with Crippen LogP contribution >= 0.6 is 11.6 Å². The first-order valence-electron chi connectivity index (χ1n) is 7.95. The van der Waals surface area contributed by atoms with Crippen LogP contribution in [0.25, 0.3) is 22.5 Å². The SMILES string of the molecule is CCOC(=O)Oc1cc(-c2cc(F)cc(C#N)c2)c(-c2cccc(Cl)c2)o1. The van der Waals surface area contributed by atoms with Crippen molar-refractivity contribution in [1.82, 2.24) is 0 Å². The van der Waals surface area contributed by atoms with Crippen molar-refractivity contribution in [3.8, 4) is 34.5 Å². The molecule has 0 amide bonds. The molecule has 1 heterocycles. The molecule has 0 spiro atoms. The molecule has 0 aliphatic rings. The zero-order valence-electron chi connectivity index (χ0n) is 14.2. The summed E-state index contributed by atoms with van der Waals surface area (Å²) in [6, 6.07) is 14.0. The maximum atomic E-state index is 13.9. The molecular weight excluding hydrogens is 373 g/mol. The highest BCUT2D eigenvalue weighted by Crippen LogP contribution is 2.39. The van der Waals surface area contributed by atoms with Crippen molar-refractivity contribution in [2.24, 2.45) is 0 Å². The van der Waals surface area contributed by atoms with Crippen molar-refractivity contribution in [3.05, 3.63) is 64.9 Å². The lowest BCUT2D eigenvalue weighted by molar-refractivity contribution is 0.0952. The normalized spacial score (nSPS) is 10.3. The van der Waals surface area contributed by atoms with E-state index in [1.165, 1.54) is 18.2 Å². The maximum Gasteiger partial charge on any atom is 0.516 e. The molecule has 0 unspecified atom stereocenters. The molecule has 0 aliphatic heterocycles. The van der Waals surface area contributed by atoms with Crippen LogP contribution in [0.3, 0.4) is 0 Å². The summed E-state index contributed by atoms with van der Waals surface area (Å²) in [5.74, 6) is -0.386. The van der Waals surface area contributed by atoms with Crippen LogP contribution in [0, 0.1) is 17.1 Å². The van der Waals surface area contributed by atoms with E-state index in [4.69, 9.17) is 30.8 Å². The van der Waals surface area contributed by atoms with Crippen molar-refractivity contribution >= 4 is 17.8 Å². The standard InChI is InChI=1S/C20H13ClFNO4/c1-2-25-20(24)27-18-10-17(14-6-12(11-23)7-16(22)9-14)19(26-18)13-4-3-5-15(21)8-13/h3-10H,2H2,1H3. The average molecular weight is 386 g/mol. The monoisotopic (exact) mass is 385 g/mol. The second-order valence-electron chi connectivity index (χ2n) is 5.44. The van der Waals surface area contributed by atoms with Gasteiger partial charge in [0.2, 0.25) is 0 Å². The van der Waals surface area contributed by atoms with Crippen LogP contribution in [0.4, 0.5) is 9.18 Å². The molecule has 27 heavy (non-hydrogen) atoms. The first-order valence-corrected chi connectivity index (χ1v) is 8.33. The molecule has 2 aromatic carbocycles. The van der Waals surface area contributed by atoms with Crippen molar-refractivity contribution in [2.75, 3.05) is 6.61 Å². The second kappa shape index (κ2) is 7.94. The third-order valence-electron chi connectivity index (χ3n) is 3.58. The molecule has 0 bridgehead atoms. The van der Waals surface area contributed by atoms with Crippen molar-refractivity contribution in [2.45, 2.75) is 6.92 Å². The summed E-state index contributed by atoms with van der Waals surface area (Å²) in [5.41, 5.74) is 1.58. The second-order valence-corrected chi connectivity index (χ2v) is 5.88. The van der Waals surface area contributed by atoms with Gasteiger partial charge in [0, 0.05) is 22.2 Å². The third kappa shape index (κ3) is 4.27. The summed E-state index contributed by atoms with van der Waals surface area (Å²) in [5, 5.41) is 9.57. The quantitative estimate of drug-likeness (QED) is 0.529. The van der Waals surface area contributed by atoms with E-state index in [1.54, 1.807) is 31.2 Å². The number of rotatable bonds is 4. The number of hydrogen-bond donors (Lipinski definition) is 0. The summed E-state index contributed by atoms with van der Waals surface area (Å²) in [6.07, 6.45) is -0.924. The maximum absolute atomic E-state index is 13.9. The molecule has 0 atom stereocenters. The number of carbonyl (C=O) groups is 1. The van der Waals surface area contributed by atoms with E-state index in [1.807, 2.05) is 6.07 Å².